The van der Waals surface area contributed by atoms with E-state index in [0.29, 0.717) is 12.5 Å². The summed E-state index contributed by atoms with van der Waals surface area (Å²) in [4.78, 5) is 18.8. The van der Waals surface area contributed by atoms with Crippen LogP contribution < -0.4 is 10.6 Å². The number of thioether (sulfide) groups is 1. The molecule has 0 saturated heterocycles. The smallest absolute Gasteiger partial charge is 0.243 e. The van der Waals surface area contributed by atoms with Crippen molar-refractivity contribution in [1.82, 2.24) is 15.5 Å². The molecule has 0 bridgehead atoms. The number of hydrogen-bond acceptors (Lipinski definition) is 4. The van der Waals surface area contributed by atoms with Crippen molar-refractivity contribution in [2.24, 2.45) is 4.99 Å². The molecular formula is C18H25IN4O2S. The number of hydrogen-bond donors (Lipinski definition) is 2. The highest BCUT2D eigenvalue weighted by Gasteiger charge is 2.05. The molecule has 1 amide bonds. The van der Waals surface area contributed by atoms with Crippen LogP contribution in [0.1, 0.15) is 5.76 Å². The first kappa shape index (κ1) is 22.4. The molecule has 0 saturated carbocycles. The average Bonchev–Trinajstić information content (AvgIpc) is 3.14. The Kier molecular flexibility index (Phi) is 10.9. The third-order valence-electron chi connectivity index (χ3n) is 3.29. The number of rotatable bonds is 8. The lowest BCUT2D eigenvalue weighted by atomic mass is 10.4. The van der Waals surface area contributed by atoms with E-state index in [-0.39, 0.29) is 36.4 Å². The summed E-state index contributed by atoms with van der Waals surface area (Å²) in [5.41, 5.74) is 0. The van der Waals surface area contributed by atoms with Gasteiger partial charge in [0.25, 0.3) is 0 Å². The highest BCUT2D eigenvalue weighted by atomic mass is 127. The molecule has 6 nitrogen and oxygen atoms in total. The predicted octanol–water partition coefficient (Wildman–Crippen LogP) is 2.81. The Bertz CT molecular complexity index is 663. The van der Waals surface area contributed by atoms with Crippen LogP contribution in [0.5, 0.6) is 0 Å². The van der Waals surface area contributed by atoms with Gasteiger partial charge in [0.2, 0.25) is 5.91 Å². The van der Waals surface area contributed by atoms with Gasteiger partial charge in [0.05, 0.1) is 12.8 Å². The average molecular weight is 488 g/mol. The van der Waals surface area contributed by atoms with E-state index in [9.17, 15) is 4.79 Å². The number of furan rings is 1. The minimum atomic E-state index is -0.0437. The number of aliphatic imine (C=N–C) groups is 1. The number of nitrogens with one attached hydrogen (secondary N) is 2. The zero-order valence-corrected chi connectivity index (χ0v) is 18.1. The monoisotopic (exact) mass is 488 g/mol. The van der Waals surface area contributed by atoms with Crippen molar-refractivity contribution in [3.8, 4) is 0 Å². The summed E-state index contributed by atoms with van der Waals surface area (Å²) < 4.78 is 5.31. The lowest BCUT2D eigenvalue weighted by Gasteiger charge is -2.13. The molecule has 142 valence electrons. The summed E-state index contributed by atoms with van der Waals surface area (Å²) in [6.45, 7) is 1.35. The summed E-state index contributed by atoms with van der Waals surface area (Å²) in [6.07, 6.45) is 1.63. The topological polar surface area (TPSA) is 69.9 Å². The Labute approximate surface area is 175 Å². The highest BCUT2D eigenvalue weighted by molar-refractivity contribution is 14.0. The Morgan fingerprint density at radius 3 is 2.58 bits per heavy atom. The SMILES string of the molecule is CN(C)C(=O)CN=C(NCCSc1ccccc1)NCc1ccco1.I. The van der Waals surface area contributed by atoms with Gasteiger partial charge in [0.15, 0.2) is 5.96 Å². The van der Waals surface area contributed by atoms with Crippen LogP contribution in [0.3, 0.4) is 0 Å². The van der Waals surface area contributed by atoms with Crippen LogP contribution in [0, 0.1) is 0 Å². The molecule has 0 atom stereocenters. The van der Waals surface area contributed by atoms with Crippen molar-refractivity contribution in [3.63, 3.8) is 0 Å². The van der Waals surface area contributed by atoms with Crippen LogP contribution in [0.15, 0.2) is 63.0 Å². The molecule has 1 heterocycles. The van der Waals surface area contributed by atoms with Gasteiger partial charge in [-0.2, -0.15) is 0 Å². The maximum atomic E-state index is 11.7. The van der Waals surface area contributed by atoms with Gasteiger partial charge in [-0.3, -0.25) is 4.79 Å². The van der Waals surface area contributed by atoms with E-state index in [0.717, 1.165) is 18.1 Å². The maximum Gasteiger partial charge on any atom is 0.243 e. The van der Waals surface area contributed by atoms with Crippen molar-refractivity contribution >= 4 is 47.6 Å². The van der Waals surface area contributed by atoms with Gasteiger partial charge in [-0.05, 0) is 24.3 Å². The molecule has 2 N–H and O–H groups in total. The van der Waals surface area contributed by atoms with E-state index in [1.54, 1.807) is 32.1 Å². The number of amides is 1. The normalized spacial score (nSPS) is 10.8. The Balaban J connectivity index is 0.00000338. The molecule has 1 aromatic carbocycles. The predicted molar refractivity (Wildman–Crippen MR) is 117 cm³/mol. The van der Waals surface area contributed by atoms with Gasteiger partial charge in [0.1, 0.15) is 12.3 Å². The fraction of sp³-hybridized carbons (Fsp3) is 0.333. The van der Waals surface area contributed by atoms with Gasteiger partial charge < -0.3 is 20.0 Å². The molecule has 1 aromatic heterocycles. The van der Waals surface area contributed by atoms with Crippen molar-refractivity contribution in [2.75, 3.05) is 32.9 Å². The van der Waals surface area contributed by atoms with Crippen molar-refractivity contribution in [2.45, 2.75) is 11.4 Å². The van der Waals surface area contributed by atoms with Crippen LogP contribution in [0.4, 0.5) is 0 Å². The molecule has 0 radical (unpaired) electrons. The summed E-state index contributed by atoms with van der Waals surface area (Å²) in [7, 11) is 3.44. The van der Waals surface area contributed by atoms with Gasteiger partial charge in [-0.1, -0.05) is 18.2 Å². The molecule has 0 aliphatic carbocycles. The molecule has 2 aromatic rings. The second-order valence-corrected chi connectivity index (χ2v) is 6.64. The molecule has 0 aliphatic heterocycles. The summed E-state index contributed by atoms with van der Waals surface area (Å²) in [5.74, 6) is 2.26. The minimum Gasteiger partial charge on any atom is -0.467 e. The van der Waals surface area contributed by atoms with Gasteiger partial charge in [-0.25, -0.2) is 4.99 Å². The van der Waals surface area contributed by atoms with E-state index in [1.807, 2.05) is 30.3 Å². The van der Waals surface area contributed by atoms with E-state index in [1.165, 1.54) is 9.80 Å². The van der Waals surface area contributed by atoms with Crippen molar-refractivity contribution in [1.29, 1.82) is 0 Å². The number of benzene rings is 1. The van der Waals surface area contributed by atoms with Crippen molar-refractivity contribution in [3.05, 3.63) is 54.5 Å². The lowest BCUT2D eigenvalue weighted by Crippen LogP contribution is -2.39. The van der Waals surface area contributed by atoms with Crippen LogP contribution in [0.2, 0.25) is 0 Å². The zero-order valence-electron chi connectivity index (χ0n) is 15.0. The minimum absolute atomic E-state index is 0. The highest BCUT2D eigenvalue weighted by Crippen LogP contribution is 2.15. The number of carbonyl (C=O) groups is 1. The fourth-order valence-corrected chi connectivity index (χ4v) is 2.69. The van der Waals surface area contributed by atoms with Crippen molar-refractivity contribution < 1.29 is 9.21 Å². The number of likely N-dealkylation sites (N-methyl/N-ethyl adjacent to an activating group) is 1. The van der Waals surface area contributed by atoms with E-state index < -0.39 is 0 Å². The first-order valence-electron chi connectivity index (χ1n) is 8.07. The Hall–Kier alpha value is -1.68. The third kappa shape index (κ3) is 8.61. The zero-order chi connectivity index (χ0) is 17.9. The molecule has 0 aliphatic rings. The standard InChI is InChI=1S/C18H24N4O2S.HI/c1-22(2)17(23)14-21-18(20-13-15-7-6-11-24-15)19-10-12-25-16-8-4-3-5-9-16;/h3-9,11H,10,12-14H2,1-2H3,(H2,19,20,21);1H. The van der Waals surface area contributed by atoms with Crippen LogP contribution in [-0.2, 0) is 11.3 Å². The number of guanidine groups is 1. The molecule has 0 fully saturated rings. The lowest BCUT2D eigenvalue weighted by molar-refractivity contribution is -0.127. The first-order valence-corrected chi connectivity index (χ1v) is 9.06. The fourth-order valence-electron chi connectivity index (χ4n) is 1.90. The van der Waals surface area contributed by atoms with E-state index >= 15 is 0 Å². The number of nitrogens with zero attached hydrogens (tertiary/aromatic N) is 2. The molecule has 2 rings (SSSR count). The second-order valence-electron chi connectivity index (χ2n) is 5.47. The first-order chi connectivity index (χ1) is 12.1. The maximum absolute atomic E-state index is 11.7. The summed E-state index contributed by atoms with van der Waals surface area (Å²) in [6, 6.07) is 14.0. The van der Waals surface area contributed by atoms with Gasteiger partial charge >= 0.3 is 0 Å². The molecule has 26 heavy (non-hydrogen) atoms. The quantitative estimate of drug-likeness (QED) is 0.197. The largest absolute Gasteiger partial charge is 0.467 e. The van der Waals surface area contributed by atoms with Crippen LogP contribution in [0.25, 0.3) is 0 Å². The van der Waals surface area contributed by atoms with Crippen LogP contribution in [-0.4, -0.2) is 49.7 Å². The van der Waals surface area contributed by atoms with Gasteiger partial charge in [0, 0.05) is 31.3 Å². The number of halogens is 1. The van der Waals surface area contributed by atoms with E-state index in [2.05, 4.69) is 27.8 Å². The van der Waals surface area contributed by atoms with E-state index in [4.69, 9.17) is 4.42 Å². The number of carbonyl (C=O) groups excluding carboxylic acids is 1. The molecule has 0 unspecified atom stereocenters. The molecular weight excluding hydrogens is 463 g/mol. The summed E-state index contributed by atoms with van der Waals surface area (Å²) in [5, 5.41) is 6.43. The Morgan fingerprint density at radius 1 is 1.15 bits per heavy atom. The van der Waals surface area contributed by atoms with Gasteiger partial charge in [-0.15, -0.1) is 35.7 Å². The Morgan fingerprint density at radius 2 is 1.92 bits per heavy atom. The molecule has 8 heteroatoms. The summed E-state index contributed by atoms with van der Waals surface area (Å²) >= 11 is 1.77. The third-order valence-corrected chi connectivity index (χ3v) is 4.30. The molecule has 0 spiro atoms. The van der Waals surface area contributed by atoms with Crippen LogP contribution >= 0.6 is 35.7 Å². The second kappa shape index (κ2) is 12.6.